The Labute approximate surface area is 127 Å². The summed E-state index contributed by atoms with van der Waals surface area (Å²) < 4.78 is 0. The maximum Gasteiger partial charge on any atom is 0.274 e. The van der Waals surface area contributed by atoms with Crippen LogP contribution in [0.5, 0.6) is 0 Å². The maximum absolute atomic E-state index is 11.2. The van der Waals surface area contributed by atoms with Gasteiger partial charge in [-0.2, -0.15) is 0 Å². The van der Waals surface area contributed by atoms with E-state index < -0.39 is 0 Å². The van der Waals surface area contributed by atoms with E-state index >= 15 is 0 Å². The van der Waals surface area contributed by atoms with Crippen LogP contribution in [0.4, 0.5) is 5.69 Å². The number of benzene rings is 1. The van der Waals surface area contributed by atoms with Crippen LogP contribution in [0, 0.1) is 15.5 Å². The van der Waals surface area contributed by atoms with E-state index in [9.17, 15) is 10.1 Å². The Kier molecular flexibility index (Phi) is 6.30. The summed E-state index contributed by atoms with van der Waals surface area (Å²) in [4.78, 5) is 13.2. The molecule has 118 valence electrons. The van der Waals surface area contributed by atoms with Gasteiger partial charge in [-0.15, -0.1) is 0 Å². The number of hydrogen-bond donors (Lipinski definition) is 1. The fourth-order valence-electron chi connectivity index (χ4n) is 2.51. The average molecular weight is 293 g/mol. The fraction of sp³-hybridized carbons (Fsp3) is 0.625. The van der Waals surface area contributed by atoms with E-state index in [1.165, 1.54) is 0 Å². The predicted octanol–water partition coefficient (Wildman–Crippen LogP) is 3.35. The van der Waals surface area contributed by atoms with Gasteiger partial charge in [0.15, 0.2) is 0 Å². The first-order chi connectivity index (χ1) is 9.82. The normalized spacial score (nSPS) is 13.4. The highest BCUT2D eigenvalue weighted by atomic mass is 16.6. The molecule has 0 spiro atoms. The highest BCUT2D eigenvalue weighted by Crippen LogP contribution is 2.31. The number of hydrogen-bond acceptors (Lipinski definition) is 4. The lowest BCUT2D eigenvalue weighted by molar-refractivity contribution is -0.386. The molecule has 0 amide bonds. The van der Waals surface area contributed by atoms with Crippen molar-refractivity contribution in [3.8, 4) is 0 Å². The van der Waals surface area contributed by atoms with Crippen LogP contribution in [-0.4, -0.2) is 29.5 Å². The molecule has 0 radical (unpaired) electrons. The Balaban J connectivity index is 3.06. The molecule has 1 unspecified atom stereocenters. The van der Waals surface area contributed by atoms with Gasteiger partial charge in [-0.3, -0.25) is 15.0 Å². The van der Waals surface area contributed by atoms with Crippen LogP contribution in [0.15, 0.2) is 24.3 Å². The van der Waals surface area contributed by atoms with E-state index in [0.717, 1.165) is 25.1 Å². The fourth-order valence-corrected chi connectivity index (χ4v) is 2.51. The first-order valence-electron chi connectivity index (χ1n) is 7.50. The second-order valence-electron chi connectivity index (χ2n) is 6.33. The Morgan fingerprint density at radius 3 is 2.52 bits per heavy atom. The summed E-state index contributed by atoms with van der Waals surface area (Å²) in [5.41, 5.74) is 6.78. The SMILES string of the molecule is CCCN(CC(C)(C)CN)C(C)c1ccccc1[N+](=O)[O-]. The van der Waals surface area contributed by atoms with Crippen molar-refractivity contribution in [1.82, 2.24) is 4.90 Å². The van der Waals surface area contributed by atoms with Crippen LogP contribution in [-0.2, 0) is 0 Å². The molecule has 5 heteroatoms. The molecule has 0 aromatic heterocycles. The van der Waals surface area contributed by atoms with E-state index in [2.05, 4.69) is 25.7 Å². The van der Waals surface area contributed by atoms with Crippen molar-refractivity contribution >= 4 is 5.69 Å². The smallest absolute Gasteiger partial charge is 0.274 e. The van der Waals surface area contributed by atoms with E-state index in [4.69, 9.17) is 5.73 Å². The predicted molar refractivity (Wildman–Crippen MR) is 86.2 cm³/mol. The largest absolute Gasteiger partial charge is 0.330 e. The zero-order valence-corrected chi connectivity index (χ0v) is 13.5. The zero-order chi connectivity index (χ0) is 16.0. The molecule has 0 fully saturated rings. The van der Waals surface area contributed by atoms with Crippen molar-refractivity contribution in [2.24, 2.45) is 11.1 Å². The van der Waals surface area contributed by atoms with Crippen molar-refractivity contribution in [3.05, 3.63) is 39.9 Å². The van der Waals surface area contributed by atoms with Crippen LogP contribution in [0.3, 0.4) is 0 Å². The molecule has 1 rings (SSSR count). The zero-order valence-electron chi connectivity index (χ0n) is 13.5. The molecular formula is C16H27N3O2. The van der Waals surface area contributed by atoms with Crippen LogP contribution < -0.4 is 5.73 Å². The number of nitro groups is 1. The molecule has 1 aromatic rings. The van der Waals surface area contributed by atoms with Gasteiger partial charge in [0.1, 0.15) is 0 Å². The van der Waals surface area contributed by atoms with Crippen LogP contribution in [0.25, 0.3) is 0 Å². The minimum Gasteiger partial charge on any atom is -0.330 e. The minimum atomic E-state index is -0.302. The quantitative estimate of drug-likeness (QED) is 0.589. The summed E-state index contributed by atoms with van der Waals surface area (Å²) >= 11 is 0. The van der Waals surface area contributed by atoms with E-state index in [-0.39, 0.29) is 22.1 Å². The summed E-state index contributed by atoms with van der Waals surface area (Å²) in [6, 6.07) is 6.99. The lowest BCUT2D eigenvalue weighted by atomic mass is 9.91. The maximum atomic E-state index is 11.2. The van der Waals surface area contributed by atoms with Crippen LogP contribution in [0.2, 0.25) is 0 Å². The number of nitrogens with two attached hydrogens (primary N) is 1. The van der Waals surface area contributed by atoms with Gasteiger partial charge >= 0.3 is 0 Å². The number of rotatable bonds is 8. The van der Waals surface area contributed by atoms with Gasteiger partial charge in [-0.05, 0) is 31.8 Å². The van der Waals surface area contributed by atoms with E-state index in [0.29, 0.717) is 6.54 Å². The van der Waals surface area contributed by atoms with E-state index in [1.54, 1.807) is 12.1 Å². The summed E-state index contributed by atoms with van der Waals surface area (Å²) in [5.74, 6) is 0. The Morgan fingerprint density at radius 1 is 1.38 bits per heavy atom. The molecule has 0 heterocycles. The van der Waals surface area contributed by atoms with Crippen LogP contribution in [0.1, 0.15) is 45.7 Å². The van der Waals surface area contributed by atoms with Crippen molar-refractivity contribution in [2.75, 3.05) is 19.6 Å². The second-order valence-corrected chi connectivity index (χ2v) is 6.33. The molecule has 1 atom stereocenters. The number of nitrogens with zero attached hydrogens (tertiary/aromatic N) is 2. The Hall–Kier alpha value is -1.46. The Morgan fingerprint density at radius 2 is 2.00 bits per heavy atom. The van der Waals surface area contributed by atoms with Crippen molar-refractivity contribution in [1.29, 1.82) is 0 Å². The van der Waals surface area contributed by atoms with Gasteiger partial charge < -0.3 is 5.73 Å². The van der Waals surface area contributed by atoms with Gasteiger partial charge in [0.2, 0.25) is 0 Å². The van der Waals surface area contributed by atoms with Gasteiger partial charge in [0, 0.05) is 24.2 Å². The monoisotopic (exact) mass is 293 g/mol. The van der Waals surface area contributed by atoms with Crippen molar-refractivity contribution in [2.45, 2.75) is 40.2 Å². The Bertz CT molecular complexity index is 474. The highest BCUT2D eigenvalue weighted by Gasteiger charge is 2.27. The molecule has 5 nitrogen and oxygen atoms in total. The molecule has 0 aliphatic heterocycles. The summed E-state index contributed by atoms with van der Waals surface area (Å²) in [5, 5.41) is 11.2. The number of nitro benzene ring substituents is 1. The molecule has 0 aliphatic carbocycles. The highest BCUT2D eigenvalue weighted by molar-refractivity contribution is 5.41. The standard InChI is InChI=1S/C16H27N3O2/c1-5-10-18(12-16(3,4)11-17)13(2)14-8-6-7-9-15(14)19(20)21/h6-9,13H,5,10-12,17H2,1-4H3. The lowest BCUT2D eigenvalue weighted by Crippen LogP contribution is -2.40. The molecule has 1 aromatic carbocycles. The number of para-hydroxylation sites is 1. The third kappa shape index (κ3) is 4.79. The van der Waals surface area contributed by atoms with Crippen molar-refractivity contribution < 1.29 is 4.92 Å². The topological polar surface area (TPSA) is 72.4 Å². The molecule has 2 N–H and O–H groups in total. The third-order valence-corrected chi connectivity index (χ3v) is 3.83. The molecular weight excluding hydrogens is 266 g/mol. The molecule has 0 bridgehead atoms. The van der Waals surface area contributed by atoms with Gasteiger partial charge in [0.25, 0.3) is 5.69 Å². The van der Waals surface area contributed by atoms with Crippen molar-refractivity contribution in [3.63, 3.8) is 0 Å². The van der Waals surface area contributed by atoms with Gasteiger partial charge in [-0.1, -0.05) is 39.0 Å². The summed E-state index contributed by atoms with van der Waals surface area (Å²) in [7, 11) is 0. The first-order valence-corrected chi connectivity index (χ1v) is 7.50. The lowest BCUT2D eigenvalue weighted by Gasteiger charge is -2.35. The third-order valence-electron chi connectivity index (χ3n) is 3.83. The van der Waals surface area contributed by atoms with Gasteiger partial charge in [-0.25, -0.2) is 0 Å². The van der Waals surface area contributed by atoms with Gasteiger partial charge in [0.05, 0.1) is 4.92 Å². The van der Waals surface area contributed by atoms with Crippen LogP contribution >= 0.6 is 0 Å². The molecule has 21 heavy (non-hydrogen) atoms. The minimum absolute atomic E-state index is 0.00243. The molecule has 0 aliphatic rings. The van der Waals surface area contributed by atoms with E-state index in [1.807, 2.05) is 19.1 Å². The second kappa shape index (κ2) is 7.52. The average Bonchev–Trinajstić information content (AvgIpc) is 2.46. The first kappa shape index (κ1) is 17.6. The molecule has 0 saturated heterocycles. The molecule has 0 saturated carbocycles. The summed E-state index contributed by atoms with van der Waals surface area (Å²) in [6.07, 6.45) is 1.01. The summed E-state index contributed by atoms with van der Waals surface area (Å²) in [6.45, 7) is 10.7.